The molecule has 2 aromatic carbocycles. The van der Waals surface area contributed by atoms with Gasteiger partial charge in [0, 0.05) is 36.8 Å². The topological polar surface area (TPSA) is 141 Å². The molecule has 34 heavy (non-hydrogen) atoms. The van der Waals surface area contributed by atoms with Crippen molar-refractivity contribution in [1.82, 2.24) is 10.6 Å². The first-order chi connectivity index (χ1) is 16.3. The monoisotopic (exact) mass is 465 g/mol. The number of rotatable bonds is 10. The predicted octanol–water partition coefficient (Wildman–Crippen LogP) is 1.97. The molecule has 0 bridgehead atoms. The molecule has 9 nitrogen and oxygen atoms in total. The van der Waals surface area contributed by atoms with Crippen molar-refractivity contribution in [2.45, 2.75) is 38.3 Å². The Hall–Kier alpha value is -4.14. The Labute approximate surface area is 196 Å². The smallest absolute Gasteiger partial charge is 0.336 e. The van der Waals surface area contributed by atoms with Crippen molar-refractivity contribution in [2.75, 3.05) is 7.11 Å². The van der Waals surface area contributed by atoms with E-state index in [9.17, 15) is 19.2 Å². The van der Waals surface area contributed by atoms with E-state index in [1.54, 1.807) is 18.2 Å². The molecule has 0 saturated heterocycles. The van der Waals surface area contributed by atoms with Crippen LogP contribution in [0.3, 0.4) is 0 Å². The first-order valence-electron chi connectivity index (χ1n) is 10.8. The SMILES string of the molecule is COc1ccc2c(C[C@H](NC(=O)CCC(=O)N[C@H](C)c3ccccc3)C(N)=O)cc(=O)oc2c1. The first kappa shape index (κ1) is 24.5. The summed E-state index contributed by atoms with van der Waals surface area (Å²) in [5.41, 5.74) is 6.63. The minimum Gasteiger partial charge on any atom is -0.497 e. The van der Waals surface area contributed by atoms with Gasteiger partial charge in [0.15, 0.2) is 0 Å². The third-order valence-corrected chi connectivity index (χ3v) is 5.40. The normalized spacial score (nSPS) is 12.5. The van der Waals surface area contributed by atoms with Gasteiger partial charge < -0.3 is 25.5 Å². The molecule has 3 rings (SSSR count). The molecule has 178 valence electrons. The zero-order valence-corrected chi connectivity index (χ0v) is 19.0. The van der Waals surface area contributed by atoms with Crippen molar-refractivity contribution >= 4 is 28.7 Å². The molecule has 3 aromatic rings. The number of methoxy groups -OCH3 is 1. The standard InChI is InChI=1S/C25H27N3O6/c1-15(16-6-4-3-5-7-16)27-22(29)10-11-23(30)28-20(25(26)32)12-17-13-24(31)34-21-14-18(33-2)8-9-19(17)21/h3-9,13-15,20H,10-12H2,1-2H3,(H2,26,32)(H,27,29)(H,28,30)/t15-,20+/m1/s1. The number of fused-ring (bicyclic) bond motifs is 1. The van der Waals surface area contributed by atoms with Gasteiger partial charge in [0.25, 0.3) is 0 Å². The lowest BCUT2D eigenvalue weighted by atomic mass is 10.0. The molecule has 1 aromatic heterocycles. The summed E-state index contributed by atoms with van der Waals surface area (Å²) >= 11 is 0. The summed E-state index contributed by atoms with van der Waals surface area (Å²) in [6.45, 7) is 1.85. The van der Waals surface area contributed by atoms with Crippen molar-refractivity contribution in [3.8, 4) is 5.75 Å². The van der Waals surface area contributed by atoms with E-state index >= 15 is 0 Å². The Morgan fingerprint density at radius 2 is 1.68 bits per heavy atom. The highest BCUT2D eigenvalue weighted by Gasteiger charge is 2.21. The van der Waals surface area contributed by atoms with E-state index in [1.165, 1.54) is 13.2 Å². The highest BCUT2D eigenvalue weighted by molar-refractivity contribution is 5.90. The van der Waals surface area contributed by atoms with Crippen LogP contribution in [0.4, 0.5) is 0 Å². The molecule has 4 N–H and O–H groups in total. The van der Waals surface area contributed by atoms with Crippen LogP contribution in [0, 0.1) is 0 Å². The summed E-state index contributed by atoms with van der Waals surface area (Å²) in [5.74, 6) is -1.04. The Bertz CT molecular complexity index is 1240. The second-order valence-corrected chi connectivity index (χ2v) is 7.88. The van der Waals surface area contributed by atoms with Crippen LogP contribution in [0.25, 0.3) is 11.0 Å². The Morgan fingerprint density at radius 1 is 1.00 bits per heavy atom. The van der Waals surface area contributed by atoms with Gasteiger partial charge in [0.05, 0.1) is 13.2 Å². The number of carbonyl (C=O) groups excluding carboxylic acids is 3. The molecule has 0 saturated carbocycles. The lowest BCUT2D eigenvalue weighted by Gasteiger charge is -2.17. The molecular weight excluding hydrogens is 438 g/mol. The Morgan fingerprint density at radius 3 is 2.32 bits per heavy atom. The van der Waals surface area contributed by atoms with Crippen LogP contribution in [0.5, 0.6) is 5.75 Å². The fourth-order valence-electron chi connectivity index (χ4n) is 3.58. The van der Waals surface area contributed by atoms with Crippen molar-refractivity contribution in [2.24, 2.45) is 5.73 Å². The van der Waals surface area contributed by atoms with Crippen LogP contribution in [-0.4, -0.2) is 30.9 Å². The third kappa shape index (κ3) is 6.44. The number of ether oxygens (including phenoxy) is 1. The number of primary amides is 1. The van der Waals surface area contributed by atoms with E-state index in [4.69, 9.17) is 14.9 Å². The van der Waals surface area contributed by atoms with Gasteiger partial charge in [-0.05, 0) is 30.2 Å². The molecular formula is C25H27N3O6. The lowest BCUT2D eigenvalue weighted by molar-refractivity contribution is -0.129. The minimum atomic E-state index is -1.06. The summed E-state index contributed by atoms with van der Waals surface area (Å²) in [5, 5.41) is 5.99. The molecule has 1 heterocycles. The number of benzene rings is 2. The van der Waals surface area contributed by atoms with Gasteiger partial charge in [-0.2, -0.15) is 0 Å². The van der Waals surface area contributed by atoms with E-state index in [-0.39, 0.29) is 31.2 Å². The summed E-state index contributed by atoms with van der Waals surface area (Å²) in [7, 11) is 1.49. The van der Waals surface area contributed by atoms with Crippen LogP contribution in [0.2, 0.25) is 0 Å². The lowest BCUT2D eigenvalue weighted by Crippen LogP contribution is -2.46. The van der Waals surface area contributed by atoms with Crippen LogP contribution in [0.15, 0.2) is 63.8 Å². The van der Waals surface area contributed by atoms with Crippen LogP contribution >= 0.6 is 0 Å². The zero-order chi connectivity index (χ0) is 24.7. The van der Waals surface area contributed by atoms with Crippen molar-refractivity contribution < 1.29 is 23.5 Å². The number of carbonyl (C=O) groups is 3. The fourth-order valence-corrected chi connectivity index (χ4v) is 3.58. The second kappa shape index (κ2) is 11.1. The Kier molecular flexibility index (Phi) is 8.02. The van der Waals surface area contributed by atoms with E-state index in [0.717, 1.165) is 5.56 Å². The minimum absolute atomic E-state index is 0.00720. The maximum atomic E-state index is 12.4. The van der Waals surface area contributed by atoms with Gasteiger partial charge in [0.2, 0.25) is 17.7 Å². The van der Waals surface area contributed by atoms with E-state index < -0.39 is 23.5 Å². The maximum Gasteiger partial charge on any atom is 0.336 e. The summed E-state index contributed by atoms with van der Waals surface area (Å²) in [6, 6.07) is 14.4. The first-order valence-corrected chi connectivity index (χ1v) is 10.8. The van der Waals surface area contributed by atoms with Crippen molar-refractivity contribution in [1.29, 1.82) is 0 Å². The number of hydrogen-bond acceptors (Lipinski definition) is 6. The van der Waals surface area contributed by atoms with Crippen LogP contribution < -0.4 is 26.7 Å². The predicted molar refractivity (Wildman–Crippen MR) is 126 cm³/mol. The molecule has 0 aliphatic rings. The van der Waals surface area contributed by atoms with Gasteiger partial charge >= 0.3 is 5.63 Å². The van der Waals surface area contributed by atoms with E-state index in [2.05, 4.69) is 10.6 Å². The quantitative estimate of drug-likeness (QED) is 0.391. The van der Waals surface area contributed by atoms with Crippen molar-refractivity contribution in [3.63, 3.8) is 0 Å². The van der Waals surface area contributed by atoms with Crippen LogP contribution in [-0.2, 0) is 20.8 Å². The van der Waals surface area contributed by atoms with Gasteiger partial charge in [-0.15, -0.1) is 0 Å². The van der Waals surface area contributed by atoms with Crippen molar-refractivity contribution in [3.05, 3.63) is 76.1 Å². The largest absolute Gasteiger partial charge is 0.497 e. The summed E-state index contributed by atoms with van der Waals surface area (Å²) < 4.78 is 10.4. The molecule has 0 aliphatic heterocycles. The highest BCUT2D eigenvalue weighted by Crippen LogP contribution is 2.23. The molecule has 0 fully saturated rings. The third-order valence-electron chi connectivity index (χ3n) is 5.40. The number of nitrogens with one attached hydrogen (secondary N) is 2. The maximum absolute atomic E-state index is 12.4. The molecule has 0 unspecified atom stereocenters. The molecule has 2 atom stereocenters. The molecule has 9 heteroatoms. The number of hydrogen-bond donors (Lipinski definition) is 3. The zero-order valence-electron chi connectivity index (χ0n) is 19.0. The Balaban J connectivity index is 1.62. The molecule has 3 amide bonds. The highest BCUT2D eigenvalue weighted by atomic mass is 16.5. The van der Waals surface area contributed by atoms with E-state index in [0.29, 0.717) is 22.3 Å². The number of nitrogens with two attached hydrogens (primary N) is 1. The average molecular weight is 466 g/mol. The van der Waals surface area contributed by atoms with E-state index in [1.807, 2.05) is 37.3 Å². The van der Waals surface area contributed by atoms with Crippen LogP contribution in [0.1, 0.15) is 36.9 Å². The molecule has 0 radical (unpaired) electrons. The molecule has 0 spiro atoms. The van der Waals surface area contributed by atoms with Gasteiger partial charge in [-0.1, -0.05) is 30.3 Å². The molecule has 0 aliphatic carbocycles. The van der Waals surface area contributed by atoms with Gasteiger partial charge in [0.1, 0.15) is 17.4 Å². The summed E-state index contributed by atoms with van der Waals surface area (Å²) in [4.78, 5) is 48.7. The number of amides is 3. The fraction of sp³-hybridized carbons (Fsp3) is 0.280. The van der Waals surface area contributed by atoms with Gasteiger partial charge in [-0.3, -0.25) is 14.4 Å². The average Bonchev–Trinajstić information content (AvgIpc) is 2.82. The summed E-state index contributed by atoms with van der Waals surface area (Å²) in [6.07, 6.45) is -0.176. The second-order valence-electron chi connectivity index (χ2n) is 7.88. The van der Waals surface area contributed by atoms with Gasteiger partial charge in [-0.25, -0.2) is 4.79 Å².